The first kappa shape index (κ1) is 22.5. The van der Waals surface area contributed by atoms with Gasteiger partial charge in [-0.2, -0.15) is 0 Å². The quantitative estimate of drug-likeness (QED) is 0.565. The van der Waals surface area contributed by atoms with Gasteiger partial charge in [0.15, 0.2) is 0 Å². The van der Waals surface area contributed by atoms with Crippen LogP contribution in [0.25, 0.3) is 0 Å². The number of carboxylic acid groups (broad SMARTS) is 1. The Bertz CT molecular complexity index is 1190. The highest BCUT2D eigenvalue weighted by molar-refractivity contribution is 5.96. The first-order valence-electron chi connectivity index (χ1n) is 10.8. The highest BCUT2D eigenvalue weighted by Gasteiger charge is 2.36. The first-order valence-corrected chi connectivity index (χ1v) is 10.8. The smallest absolute Gasteiger partial charge is 0.323 e. The van der Waals surface area contributed by atoms with Gasteiger partial charge in [0.1, 0.15) is 23.7 Å². The minimum atomic E-state index is -1.07. The number of ether oxygens (including phenoxy) is 1. The molecular formula is C27H26FNO4. The Labute approximate surface area is 192 Å². The lowest BCUT2D eigenvalue weighted by Crippen LogP contribution is -2.35. The predicted molar refractivity (Wildman–Crippen MR) is 123 cm³/mol. The average molecular weight is 448 g/mol. The molecule has 0 radical (unpaired) electrons. The Hall–Kier alpha value is -3.67. The van der Waals surface area contributed by atoms with E-state index >= 15 is 0 Å². The van der Waals surface area contributed by atoms with Crippen LogP contribution in [0.4, 0.5) is 4.39 Å². The molecule has 0 aliphatic carbocycles. The average Bonchev–Trinajstić information content (AvgIpc) is 3.10. The minimum absolute atomic E-state index is 0.198. The lowest BCUT2D eigenvalue weighted by molar-refractivity contribution is -0.137. The van der Waals surface area contributed by atoms with Crippen LogP contribution in [0.3, 0.4) is 0 Å². The molecule has 5 nitrogen and oxygen atoms in total. The van der Waals surface area contributed by atoms with Crippen LogP contribution in [0.1, 0.15) is 39.5 Å². The summed E-state index contributed by atoms with van der Waals surface area (Å²) in [5.74, 6) is -1.04. The molecule has 1 atom stereocenters. The van der Waals surface area contributed by atoms with E-state index in [2.05, 4.69) is 0 Å². The fourth-order valence-corrected chi connectivity index (χ4v) is 4.26. The molecule has 1 unspecified atom stereocenters. The maximum atomic E-state index is 14.2. The van der Waals surface area contributed by atoms with Crippen LogP contribution >= 0.6 is 0 Å². The van der Waals surface area contributed by atoms with E-state index in [1.54, 1.807) is 36.4 Å². The third-order valence-corrected chi connectivity index (χ3v) is 5.86. The van der Waals surface area contributed by atoms with Gasteiger partial charge in [0, 0.05) is 24.9 Å². The molecule has 0 fully saturated rings. The van der Waals surface area contributed by atoms with Crippen LogP contribution < -0.4 is 4.74 Å². The third-order valence-electron chi connectivity index (χ3n) is 5.86. The second kappa shape index (κ2) is 9.06. The molecule has 0 spiro atoms. The van der Waals surface area contributed by atoms with Gasteiger partial charge in [0.05, 0.1) is 0 Å². The molecule has 1 N–H and O–H groups in total. The van der Waals surface area contributed by atoms with E-state index in [1.807, 2.05) is 38.1 Å². The van der Waals surface area contributed by atoms with Gasteiger partial charge < -0.3 is 14.7 Å². The largest absolute Gasteiger partial charge is 0.487 e. The number of fused-ring (bicyclic) bond motifs is 1. The molecular weight excluding hydrogens is 421 g/mol. The molecule has 0 saturated carbocycles. The maximum absolute atomic E-state index is 14.2. The van der Waals surface area contributed by atoms with Gasteiger partial charge in [-0.1, -0.05) is 48.0 Å². The number of nitrogens with zero attached hydrogens (tertiary/aromatic N) is 1. The maximum Gasteiger partial charge on any atom is 0.323 e. The molecule has 1 heterocycles. The number of carboxylic acids is 1. The number of aryl methyl sites for hydroxylation is 1. The predicted octanol–water partition coefficient (Wildman–Crippen LogP) is 4.80. The van der Waals surface area contributed by atoms with E-state index in [1.165, 1.54) is 11.0 Å². The zero-order valence-corrected chi connectivity index (χ0v) is 18.7. The lowest BCUT2D eigenvalue weighted by Gasteiger charge is -2.24. The SMILES string of the molecule is Cc1ccc(CN(CC(=O)O)C(=O)c2ccc3c(c2)CC(C)(Cc2ccccc2F)O3)cc1. The van der Waals surface area contributed by atoms with Crippen molar-refractivity contribution >= 4 is 11.9 Å². The molecule has 3 aromatic rings. The molecule has 1 aliphatic rings. The molecule has 6 heteroatoms. The van der Waals surface area contributed by atoms with Crippen molar-refractivity contribution in [3.63, 3.8) is 0 Å². The Morgan fingerprint density at radius 1 is 1.09 bits per heavy atom. The van der Waals surface area contributed by atoms with Crippen molar-refractivity contribution in [2.24, 2.45) is 0 Å². The van der Waals surface area contributed by atoms with Gasteiger partial charge in [-0.05, 0) is 54.8 Å². The van der Waals surface area contributed by atoms with Gasteiger partial charge in [-0.25, -0.2) is 4.39 Å². The molecule has 33 heavy (non-hydrogen) atoms. The Morgan fingerprint density at radius 2 is 1.82 bits per heavy atom. The van der Waals surface area contributed by atoms with Gasteiger partial charge in [0.25, 0.3) is 5.91 Å². The summed E-state index contributed by atoms with van der Waals surface area (Å²) in [5.41, 5.74) is 3.15. The van der Waals surface area contributed by atoms with Crippen LogP contribution in [0.5, 0.6) is 5.75 Å². The van der Waals surface area contributed by atoms with Gasteiger partial charge in [-0.3, -0.25) is 9.59 Å². The number of amides is 1. The summed E-state index contributed by atoms with van der Waals surface area (Å²) in [6.45, 7) is 3.70. The second-order valence-electron chi connectivity index (χ2n) is 8.86. The molecule has 0 saturated heterocycles. The molecule has 0 aromatic heterocycles. The van der Waals surface area contributed by atoms with Crippen molar-refractivity contribution in [1.82, 2.24) is 4.90 Å². The van der Waals surface area contributed by atoms with Crippen LogP contribution in [0.15, 0.2) is 66.7 Å². The summed E-state index contributed by atoms with van der Waals surface area (Å²) in [5, 5.41) is 9.34. The van der Waals surface area contributed by atoms with Crippen molar-refractivity contribution in [3.8, 4) is 5.75 Å². The molecule has 1 aliphatic heterocycles. The standard InChI is InChI=1S/C27H26FNO4/c1-18-7-9-19(10-8-18)16-29(17-25(30)31)26(32)20-11-12-24-22(13-20)15-27(2,33-24)14-21-5-3-4-6-23(21)28/h3-13H,14-17H2,1-2H3,(H,30,31). The van der Waals surface area contributed by atoms with E-state index in [-0.39, 0.29) is 18.3 Å². The fraction of sp³-hybridized carbons (Fsp3) is 0.259. The fourth-order valence-electron chi connectivity index (χ4n) is 4.26. The van der Waals surface area contributed by atoms with Crippen molar-refractivity contribution < 1.29 is 23.8 Å². The van der Waals surface area contributed by atoms with Crippen molar-refractivity contribution in [1.29, 1.82) is 0 Å². The lowest BCUT2D eigenvalue weighted by atomic mass is 9.91. The number of halogens is 1. The number of carbonyl (C=O) groups excluding carboxylic acids is 1. The molecule has 1 amide bonds. The Balaban J connectivity index is 1.53. The summed E-state index contributed by atoms with van der Waals surface area (Å²) in [7, 11) is 0. The van der Waals surface area contributed by atoms with Crippen molar-refractivity contribution in [2.45, 2.75) is 38.8 Å². The number of benzene rings is 3. The summed E-state index contributed by atoms with van der Waals surface area (Å²) >= 11 is 0. The van der Waals surface area contributed by atoms with Crippen LogP contribution in [-0.2, 0) is 24.2 Å². The van der Waals surface area contributed by atoms with Crippen molar-refractivity contribution in [2.75, 3.05) is 6.54 Å². The van der Waals surface area contributed by atoms with Crippen LogP contribution in [0.2, 0.25) is 0 Å². The zero-order valence-electron chi connectivity index (χ0n) is 18.7. The van der Waals surface area contributed by atoms with E-state index < -0.39 is 18.1 Å². The first-order chi connectivity index (χ1) is 15.7. The van der Waals surface area contributed by atoms with Crippen molar-refractivity contribution in [3.05, 3.63) is 100 Å². The zero-order chi connectivity index (χ0) is 23.6. The monoisotopic (exact) mass is 447 g/mol. The Kier molecular flexibility index (Phi) is 6.18. The normalized spacial score (nSPS) is 16.7. The second-order valence-corrected chi connectivity index (χ2v) is 8.86. The van der Waals surface area contributed by atoms with Gasteiger partial charge in [0.2, 0.25) is 0 Å². The van der Waals surface area contributed by atoms with Gasteiger partial charge in [-0.15, -0.1) is 0 Å². The van der Waals surface area contributed by atoms with E-state index in [0.29, 0.717) is 29.7 Å². The topological polar surface area (TPSA) is 66.8 Å². The molecule has 0 bridgehead atoms. The number of aliphatic carboxylic acids is 1. The summed E-state index contributed by atoms with van der Waals surface area (Å²) in [6, 6.07) is 19.4. The number of hydrogen-bond acceptors (Lipinski definition) is 3. The Morgan fingerprint density at radius 3 is 2.52 bits per heavy atom. The summed E-state index contributed by atoms with van der Waals surface area (Å²) < 4.78 is 20.3. The molecule has 3 aromatic carbocycles. The molecule has 4 rings (SSSR count). The summed E-state index contributed by atoms with van der Waals surface area (Å²) in [6.07, 6.45) is 0.922. The summed E-state index contributed by atoms with van der Waals surface area (Å²) in [4.78, 5) is 26.0. The number of rotatable bonds is 7. The van der Waals surface area contributed by atoms with Gasteiger partial charge >= 0.3 is 5.97 Å². The highest BCUT2D eigenvalue weighted by atomic mass is 19.1. The van der Waals surface area contributed by atoms with E-state index in [0.717, 1.165) is 16.7 Å². The minimum Gasteiger partial charge on any atom is -0.487 e. The number of carbonyl (C=O) groups is 2. The highest BCUT2D eigenvalue weighted by Crippen LogP contribution is 2.38. The van der Waals surface area contributed by atoms with E-state index in [4.69, 9.17) is 4.74 Å². The molecule has 170 valence electrons. The van der Waals surface area contributed by atoms with Crippen LogP contribution in [0, 0.1) is 12.7 Å². The third kappa shape index (κ3) is 5.22. The van der Waals surface area contributed by atoms with Crippen LogP contribution in [-0.4, -0.2) is 34.0 Å². The number of hydrogen-bond donors (Lipinski definition) is 1. The van der Waals surface area contributed by atoms with E-state index in [9.17, 15) is 19.1 Å².